The largest absolute Gasteiger partial charge is 0.490 e. The maximum Gasteiger partial charge on any atom is 0.312 e. The topological polar surface area (TPSA) is 86.5 Å². The lowest BCUT2D eigenvalue weighted by atomic mass is 10.3. The zero-order valence-corrected chi connectivity index (χ0v) is 8.95. The van der Waals surface area contributed by atoms with Gasteiger partial charge in [0.15, 0.2) is 15.6 Å². The van der Waals surface area contributed by atoms with E-state index in [9.17, 15) is 18.5 Å². The molecule has 82 valence electrons. The van der Waals surface area contributed by atoms with Gasteiger partial charge in [-0.05, 0) is 12.1 Å². The van der Waals surface area contributed by atoms with Crippen molar-refractivity contribution in [2.45, 2.75) is 4.90 Å². The molecule has 0 aliphatic carbocycles. The summed E-state index contributed by atoms with van der Waals surface area (Å²) in [6.45, 7) is 0. The molecule has 0 aliphatic rings. The summed E-state index contributed by atoms with van der Waals surface area (Å²) in [7, 11) is -2.16. The van der Waals surface area contributed by atoms with Crippen molar-refractivity contribution in [2.24, 2.45) is 0 Å². The molecule has 0 atom stereocenters. The monoisotopic (exact) mass is 231 g/mol. The standard InChI is InChI=1S/C8H9NO5S/c1-14-8-4-3-6(15(2,12)13)5-7(8)9(10)11/h3-5H,1-2H3. The van der Waals surface area contributed by atoms with Gasteiger partial charge in [-0.2, -0.15) is 0 Å². The average molecular weight is 231 g/mol. The number of benzene rings is 1. The van der Waals surface area contributed by atoms with Crippen molar-refractivity contribution < 1.29 is 18.1 Å². The van der Waals surface area contributed by atoms with Crippen molar-refractivity contribution in [3.63, 3.8) is 0 Å². The minimum atomic E-state index is -3.44. The van der Waals surface area contributed by atoms with Gasteiger partial charge in [-0.1, -0.05) is 0 Å². The minimum Gasteiger partial charge on any atom is -0.490 e. The first-order valence-electron chi connectivity index (χ1n) is 3.88. The first kappa shape index (κ1) is 11.4. The fourth-order valence-electron chi connectivity index (χ4n) is 1.04. The van der Waals surface area contributed by atoms with Gasteiger partial charge in [0.05, 0.1) is 16.9 Å². The van der Waals surface area contributed by atoms with Crippen molar-refractivity contribution in [1.29, 1.82) is 0 Å². The molecule has 0 radical (unpaired) electrons. The molecule has 0 spiro atoms. The van der Waals surface area contributed by atoms with Gasteiger partial charge in [0.25, 0.3) is 0 Å². The highest BCUT2D eigenvalue weighted by Gasteiger charge is 2.18. The number of ether oxygens (including phenoxy) is 1. The molecule has 0 fully saturated rings. The van der Waals surface area contributed by atoms with Crippen LogP contribution in [0.15, 0.2) is 23.1 Å². The summed E-state index contributed by atoms with van der Waals surface area (Å²) >= 11 is 0. The fraction of sp³-hybridized carbons (Fsp3) is 0.250. The molecule has 0 bridgehead atoms. The second kappa shape index (κ2) is 3.85. The summed E-state index contributed by atoms with van der Waals surface area (Å²) in [5.41, 5.74) is -0.361. The molecule has 15 heavy (non-hydrogen) atoms. The molecule has 0 saturated heterocycles. The predicted octanol–water partition coefficient (Wildman–Crippen LogP) is 1.01. The van der Waals surface area contributed by atoms with Crippen LogP contribution in [0.25, 0.3) is 0 Å². The van der Waals surface area contributed by atoms with Crippen LogP contribution in [0.4, 0.5) is 5.69 Å². The van der Waals surface area contributed by atoms with E-state index in [0.717, 1.165) is 12.3 Å². The molecule has 0 heterocycles. The van der Waals surface area contributed by atoms with Crippen LogP contribution in [0.2, 0.25) is 0 Å². The second-order valence-corrected chi connectivity index (χ2v) is 4.88. The molecule has 0 amide bonds. The summed E-state index contributed by atoms with van der Waals surface area (Å²) in [4.78, 5) is 9.80. The lowest BCUT2D eigenvalue weighted by Crippen LogP contribution is -2.00. The highest BCUT2D eigenvalue weighted by Crippen LogP contribution is 2.29. The van der Waals surface area contributed by atoms with Gasteiger partial charge in [-0.15, -0.1) is 0 Å². The van der Waals surface area contributed by atoms with E-state index < -0.39 is 14.8 Å². The Labute approximate surface area is 86.6 Å². The average Bonchev–Trinajstić information content (AvgIpc) is 2.15. The van der Waals surface area contributed by atoms with E-state index in [4.69, 9.17) is 4.74 Å². The molecule has 1 aromatic rings. The van der Waals surface area contributed by atoms with E-state index in [1.807, 2.05) is 0 Å². The molecular weight excluding hydrogens is 222 g/mol. The van der Waals surface area contributed by atoms with Crippen molar-refractivity contribution >= 4 is 15.5 Å². The van der Waals surface area contributed by atoms with Gasteiger partial charge < -0.3 is 4.74 Å². The van der Waals surface area contributed by atoms with Crippen LogP contribution < -0.4 is 4.74 Å². The Hall–Kier alpha value is -1.63. The van der Waals surface area contributed by atoms with Crippen molar-refractivity contribution in [2.75, 3.05) is 13.4 Å². The van der Waals surface area contributed by atoms with E-state index in [-0.39, 0.29) is 16.3 Å². The number of methoxy groups -OCH3 is 1. The third-order valence-corrected chi connectivity index (χ3v) is 2.89. The zero-order chi connectivity index (χ0) is 11.6. The van der Waals surface area contributed by atoms with Crippen molar-refractivity contribution in [1.82, 2.24) is 0 Å². The Morgan fingerprint density at radius 1 is 1.40 bits per heavy atom. The SMILES string of the molecule is COc1ccc(S(C)(=O)=O)cc1[N+](=O)[O-]. The highest BCUT2D eigenvalue weighted by molar-refractivity contribution is 7.90. The van der Waals surface area contributed by atoms with Crippen molar-refractivity contribution in [3.05, 3.63) is 28.3 Å². The van der Waals surface area contributed by atoms with E-state index >= 15 is 0 Å². The quantitative estimate of drug-likeness (QED) is 0.572. The van der Waals surface area contributed by atoms with Crippen molar-refractivity contribution in [3.8, 4) is 5.75 Å². The predicted molar refractivity (Wildman–Crippen MR) is 52.8 cm³/mol. The number of hydrogen-bond acceptors (Lipinski definition) is 5. The first-order valence-corrected chi connectivity index (χ1v) is 5.78. The summed E-state index contributed by atoms with van der Waals surface area (Å²) < 4.78 is 27.0. The number of rotatable bonds is 3. The number of nitro groups is 1. The second-order valence-electron chi connectivity index (χ2n) is 2.86. The van der Waals surface area contributed by atoms with E-state index in [2.05, 4.69) is 0 Å². The number of hydrogen-bond donors (Lipinski definition) is 0. The van der Waals surface area contributed by atoms with Gasteiger partial charge in [0, 0.05) is 12.3 Å². The Morgan fingerprint density at radius 2 is 2.00 bits per heavy atom. The summed E-state index contributed by atoms with van der Waals surface area (Å²) in [5, 5.41) is 10.6. The number of sulfone groups is 1. The van der Waals surface area contributed by atoms with Crippen LogP contribution in [0, 0.1) is 10.1 Å². The van der Waals surface area contributed by atoms with Gasteiger partial charge in [-0.3, -0.25) is 10.1 Å². The van der Waals surface area contributed by atoms with Crippen LogP contribution >= 0.6 is 0 Å². The Kier molecular flexibility index (Phi) is 2.94. The molecule has 1 aromatic carbocycles. The Balaban J connectivity index is 3.42. The van der Waals surface area contributed by atoms with Crippen LogP contribution in [-0.4, -0.2) is 26.7 Å². The Morgan fingerprint density at radius 3 is 2.40 bits per heavy atom. The molecule has 0 saturated carbocycles. The molecule has 0 unspecified atom stereocenters. The maximum atomic E-state index is 11.1. The minimum absolute atomic E-state index is 0.0346. The van der Waals surface area contributed by atoms with Gasteiger partial charge in [0.2, 0.25) is 0 Å². The molecule has 0 N–H and O–H groups in total. The third-order valence-electron chi connectivity index (χ3n) is 1.78. The number of nitro benzene ring substituents is 1. The number of nitrogens with zero attached hydrogens (tertiary/aromatic N) is 1. The Bertz CT molecular complexity index is 494. The zero-order valence-electron chi connectivity index (χ0n) is 8.13. The molecule has 6 nitrogen and oxygen atoms in total. The maximum absolute atomic E-state index is 11.1. The van der Waals surface area contributed by atoms with Crippen LogP contribution in [0.5, 0.6) is 5.75 Å². The molecule has 0 aromatic heterocycles. The van der Waals surface area contributed by atoms with Gasteiger partial charge >= 0.3 is 5.69 Å². The van der Waals surface area contributed by atoms with E-state index in [0.29, 0.717) is 0 Å². The smallest absolute Gasteiger partial charge is 0.312 e. The molecule has 7 heteroatoms. The third kappa shape index (κ3) is 2.44. The van der Waals surface area contributed by atoms with Crippen LogP contribution in [-0.2, 0) is 9.84 Å². The lowest BCUT2D eigenvalue weighted by molar-refractivity contribution is -0.386. The fourth-order valence-corrected chi connectivity index (χ4v) is 1.68. The summed E-state index contributed by atoms with van der Waals surface area (Å²) in [6, 6.07) is 3.50. The van der Waals surface area contributed by atoms with Gasteiger partial charge in [-0.25, -0.2) is 8.42 Å². The molecular formula is C8H9NO5S. The van der Waals surface area contributed by atoms with Crippen LogP contribution in [0.3, 0.4) is 0 Å². The summed E-state index contributed by atoms with van der Waals surface area (Å²) in [6.07, 6.45) is 0.985. The first-order chi connectivity index (χ1) is 6.86. The lowest BCUT2D eigenvalue weighted by Gasteiger charge is -2.03. The summed E-state index contributed by atoms with van der Waals surface area (Å²) in [5.74, 6) is 0.0346. The van der Waals surface area contributed by atoms with Crippen LogP contribution in [0.1, 0.15) is 0 Å². The molecule has 1 rings (SSSR count). The van der Waals surface area contributed by atoms with E-state index in [1.54, 1.807) is 0 Å². The van der Waals surface area contributed by atoms with E-state index in [1.165, 1.54) is 19.2 Å². The highest BCUT2D eigenvalue weighted by atomic mass is 32.2. The normalized spacial score (nSPS) is 11.1. The molecule has 0 aliphatic heterocycles. The van der Waals surface area contributed by atoms with Gasteiger partial charge in [0.1, 0.15) is 0 Å².